The van der Waals surface area contributed by atoms with Crippen LogP contribution in [0, 0.1) is 5.82 Å². The zero-order chi connectivity index (χ0) is 14.4. The fraction of sp³-hybridized carbons (Fsp3) is 0.294. The predicted octanol–water partition coefficient (Wildman–Crippen LogP) is 4.35. The molecule has 2 aromatic carbocycles. The van der Waals surface area contributed by atoms with E-state index >= 15 is 0 Å². The summed E-state index contributed by atoms with van der Waals surface area (Å²) in [5.74, 6) is -0.203. The molecule has 1 atom stereocenters. The number of halogens is 2. The Bertz CT molecular complexity index is 542. The van der Waals surface area contributed by atoms with Crippen LogP contribution in [0.15, 0.2) is 53.0 Å². The summed E-state index contributed by atoms with van der Waals surface area (Å²) in [6.45, 7) is 0. The molecule has 1 N–H and O–H groups in total. The van der Waals surface area contributed by atoms with Gasteiger partial charge in [0.15, 0.2) is 0 Å². The highest BCUT2D eigenvalue weighted by molar-refractivity contribution is 9.10. The maximum Gasteiger partial charge on any atom is 0.124 e. The van der Waals surface area contributed by atoms with Crippen LogP contribution < -0.4 is 5.32 Å². The van der Waals surface area contributed by atoms with Crippen LogP contribution in [0.3, 0.4) is 0 Å². The maximum atomic E-state index is 13.1. The van der Waals surface area contributed by atoms with E-state index < -0.39 is 0 Å². The lowest BCUT2D eigenvalue weighted by atomic mass is 9.99. The van der Waals surface area contributed by atoms with Gasteiger partial charge in [0, 0.05) is 10.5 Å². The van der Waals surface area contributed by atoms with E-state index in [0.717, 1.165) is 29.3 Å². The highest BCUT2D eigenvalue weighted by Gasteiger charge is 2.10. The average Bonchev–Trinajstić information content (AvgIpc) is 2.46. The molecule has 0 aliphatic carbocycles. The normalized spacial score (nSPS) is 12.3. The van der Waals surface area contributed by atoms with Gasteiger partial charge in [-0.2, -0.15) is 0 Å². The van der Waals surface area contributed by atoms with Crippen molar-refractivity contribution >= 4 is 15.9 Å². The molecule has 0 amide bonds. The molecule has 0 fully saturated rings. The van der Waals surface area contributed by atoms with Crippen molar-refractivity contribution < 1.29 is 4.39 Å². The predicted molar refractivity (Wildman–Crippen MR) is 85.4 cm³/mol. The molecule has 0 saturated heterocycles. The molecule has 0 aliphatic heterocycles. The van der Waals surface area contributed by atoms with Gasteiger partial charge in [-0.1, -0.05) is 52.3 Å². The first-order chi connectivity index (χ1) is 9.69. The van der Waals surface area contributed by atoms with E-state index in [9.17, 15) is 4.39 Å². The minimum atomic E-state index is -0.203. The van der Waals surface area contributed by atoms with Crippen molar-refractivity contribution in [2.45, 2.75) is 25.3 Å². The first-order valence-corrected chi connectivity index (χ1v) is 7.63. The van der Waals surface area contributed by atoms with Crippen molar-refractivity contribution in [1.82, 2.24) is 5.32 Å². The summed E-state index contributed by atoms with van der Waals surface area (Å²) >= 11 is 3.43. The summed E-state index contributed by atoms with van der Waals surface area (Å²) in [6.07, 6.45) is 3.00. The third kappa shape index (κ3) is 4.43. The Balaban J connectivity index is 1.95. The fourth-order valence-electron chi connectivity index (χ4n) is 2.29. The van der Waals surface area contributed by atoms with E-state index in [-0.39, 0.29) is 5.82 Å². The molecule has 1 nitrogen and oxygen atoms in total. The van der Waals surface area contributed by atoms with E-state index in [0.29, 0.717) is 6.04 Å². The van der Waals surface area contributed by atoms with Gasteiger partial charge in [0.1, 0.15) is 5.82 Å². The molecule has 2 aromatic rings. The quantitative estimate of drug-likeness (QED) is 0.827. The van der Waals surface area contributed by atoms with Gasteiger partial charge in [-0.25, -0.2) is 4.39 Å². The molecule has 3 heteroatoms. The van der Waals surface area contributed by atoms with E-state index in [2.05, 4.69) is 45.5 Å². The van der Waals surface area contributed by atoms with Crippen molar-refractivity contribution in [2.75, 3.05) is 7.05 Å². The monoisotopic (exact) mass is 335 g/mol. The van der Waals surface area contributed by atoms with Gasteiger partial charge in [-0.05, 0) is 49.6 Å². The lowest BCUT2D eigenvalue weighted by Gasteiger charge is -2.17. The Hall–Kier alpha value is -1.19. The van der Waals surface area contributed by atoms with Crippen LogP contribution in [0.4, 0.5) is 4.39 Å². The topological polar surface area (TPSA) is 12.0 Å². The van der Waals surface area contributed by atoms with E-state index in [1.54, 1.807) is 0 Å². The first-order valence-electron chi connectivity index (χ1n) is 6.84. The van der Waals surface area contributed by atoms with Crippen molar-refractivity contribution in [1.29, 1.82) is 0 Å². The van der Waals surface area contributed by atoms with Gasteiger partial charge in [0.25, 0.3) is 0 Å². The van der Waals surface area contributed by atoms with Gasteiger partial charge in [-0.15, -0.1) is 0 Å². The summed E-state index contributed by atoms with van der Waals surface area (Å²) in [5, 5.41) is 3.35. The second kappa shape index (κ2) is 7.55. The molecule has 1 unspecified atom stereocenters. The van der Waals surface area contributed by atoms with E-state index in [1.807, 2.05) is 19.2 Å². The van der Waals surface area contributed by atoms with Crippen molar-refractivity contribution in [3.05, 3.63) is 69.9 Å². The summed E-state index contributed by atoms with van der Waals surface area (Å²) < 4.78 is 13.9. The number of rotatable bonds is 6. The van der Waals surface area contributed by atoms with Crippen molar-refractivity contribution in [3.63, 3.8) is 0 Å². The molecular weight excluding hydrogens is 317 g/mol. The Morgan fingerprint density at radius 2 is 1.90 bits per heavy atom. The van der Waals surface area contributed by atoms with Gasteiger partial charge in [-0.3, -0.25) is 0 Å². The zero-order valence-corrected chi connectivity index (χ0v) is 13.2. The number of likely N-dealkylation sites (N-methyl/N-ethyl adjacent to an activating group) is 1. The Kier molecular flexibility index (Phi) is 5.74. The van der Waals surface area contributed by atoms with Gasteiger partial charge < -0.3 is 5.32 Å². The molecule has 20 heavy (non-hydrogen) atoms. The minimum Gasteiger partial charge on any atom is -0.317 e. The highest BCUT2D eigenvalue weighted by atomic mass is 79.9. The molecule has 2 rings (SSSR count). The third-order valence-electron chi connectivity index (χ3n) is 3.51. The number of nitrogens with one attached hydrogen (secondary N) is 1. The Morgan fingerprint density at radius 1 is 1.15 bits per heavy atom. The smallest absolute Gasteiger partial charge is 0.124 e. The van der Waals surface area contributed by atoms with Gasteiger partial charge in [0.05, 0.1) is 0 Å². The molecule has 0 bridgehead atoms. The van der Waals surface area contributed by atoms with Crippen LogP contribution in [0.1, 0.15) is 17.5 Å². The molecule has 0 spiro atoms. The summed E-state index contributed by atoms with van der Waals surface area (Å²) in [7, 11) is 1.98. The average molecular weight is 336 g/mol. The molecule has 0 aromatic heterocycles. The van der Waals surface area contributed by atoms with Gasteiger partial charge >= 0.3 is 0 Å². The Morgan fingerprint density at radius 3 is 2.55 bits per heavy atom. The minimum absolute atomic E-state index is 0.203. The standard InChI is InChI=1S/C17H19BrFN/c1-20-16(10-7-13-5-3-2-4-6-13)11-14-8-9-15(19)12-17(14)18/h2-6,8-9,12,16,20H,7,10-11H2,1H3. The lowest BCUT2D eigenvalue weighted by Crippen LogP contribution is -2.28. The second-order valence-corrected chi connectivity index (χ2v) is 5.80. The Labute approximate surface area is 128 Å². The molecule has 106 valence electrons. The molecule has 0 aliphatic rings. The third-order valence-corrected chi connectivity index (χ3v) is 4.25. The maximum absolute atomic E-state index is 13.1. The summed E-state index contributed by atoms with van der Waals surface area (Å²) in [5.41, 5.74) is 2.49. The lowest BCUT2D eigenvalue weighted by molar-refractivity contribution is 0.518. The fourth-order valence-corrected chi connectivity index (χ4v) is 2.80. The van der Waals surface area contributed by atoms with Crippen LogP contribution in [-0.2, 0) is 12.8 Å². The van der Waals surface area contributed by atoms with E-state index in [4.69, 9.17) is 0 Å². The number of benzene rings is 2. The largest absolute Gasteiger partial charge is 0.317 e. The summed E-state index contributed by atoms with van der Waals surface area (Å²) in [6, 6.07) is 15.8. The molecule has 0 heterocycles. The second-order valence-electron chi connectivity index (χ2n) is 4.95. The molecule has 0 radical (unpaired) electrons. The van der Waals surface area contributed by atoms with Crippen LogP contribution in [0.2, 0.25) is 0 Å². The van der Waals surface area contributed by atoms with E-state index in [1.165, 1.54) is 17.7 Å². The molecular formula is C17H19BrFN. The van der Waals surface area contributed by atoms with Crippen LogP contribution in [0.5, 0.6) is 0 Å². The van der Waals surface area contributed by atoms with Crippen LogP contribution in [-0.4, -0.2) is 13.1 Å². The van der Waals surface area contributed by atoms with Crippen molar-refractivity contribution in [3.8, 4) is 0 Å². The zero-order valence-electron chi connectivity index (χ0n) is 11.6. The summed E-state index contributed by atoms with van der Waals surface area (Å²) in [4.78, 5) is 0. The first kappa shape index (κ1) is 15.2. The number of hydrogen-bond acceptors (Lipinski definition) is 1. The number of aryl methyl sites for hydroxylation is 1. The van der Waals surface area contributed by atoms with Gasteiger partial charge in [0.2, 0.25) is 0 Å². The SMILES string of the molecule is CNC(CCc1ccccc1)Cc1ccc(F)cc1Br. The van der Waals surface area contributed by atoms with Crippen molar-refractivity contribution in [2.24, 2.45) is 0 Å². The highest BCUT2D eigenvalue weighted by Crippen LogP contribution is 2.20. The van der Waals surface area contributed by atoms with Crippen LogP contribution >= 0.6 is 15.9 Å². The van der Waals surface area contributed by atoms with Crippen LogP contribution in [0.25, 0.3) is 0 Å². The molecule has 0 saturated carbocycles. The number of hydrogen-bond donors (Lipinski definition) is 1.